The fraction of sp³-hybridized carbons (Fsp3) is 0.312. The number of hydrogen-bond acceptors (Lipinski definition) is 4. The SMILES string of the molecule is CC(C)c1ocnc1C(=O)N[C@H](CC(=O)O)c1ccccc1Cl. The molecule has 0 radical (unpaired) electrons. The van der Waals surface area contributed by atoms with Crippen LogP contribution in [-0.4, -0.2) is 22.0 Å². The van der Waals surface area contributed by atoms with Gasteiger partial charge in [0.1, 0.15) is 5.76 Å². The third kappa shape index (κ3) is 4.10. The zero-order valence-electron chi connectivity index (χ0n) is 12.7. The molecule has 1 aromatic heterocycles. The predicted octanol–water partition coefficient (Wildman–Crippen LogP) is 3.40. The Bertz CT molecular complexity index is 712. The first-order valence-electron chi connectivity index (χ1n) is 7.10. The van der Waals surface area contributed by atoms with Gasteiger partial charge in [0.15, 0.2) is 12.1 Å². The summed E-state index contributed by atoms with van der Waals surface area (Å²) in [4.78, 5) is 27.5. The van der Waals surface area contributed by atoms with Crippen LogP contribution in [0.15, 0.2) is 35.1 Å². The highest BCUT2D eigenvalue weighted by Gasteiger charge is 2.25. The van der Waals surface area contributed by atoms with Crippen LogP contribution in [0.2, 0.25) is 5.02 Å². The molecule has 122 valence electrons. The molecule has 2 N–H and O–H groups in total. The van der Waals surface area contributed by atoms with Crippen molar-refractivity contribution in [2.24, 2.45) is 0 Å². The summed E-state index contributed by atoms with van der Waals surface area (Å²) in [6, 6.07) is 6.04. The molecule has 0 bridgehead atoms. The van der Waals surface area contributed by atoms with Crippen LogP contribution in [0, 0.1) is 0 Å². The standard InChI is InChI=1S/C16H17ClN2O4/c1-9(2)15-14(18-8-23-15)16(22)19-12(7-13(20)21)10-5-3-4-6-11(10)17/h3-6,8-9,12H,7H2,1-2H3,(H,19,22)(H,20,21)/t12-/m1/s1. The summed E-state index contributed by atoms with van der Waals surface area (Å²) in [6.07, 6.45) is 0.913. The minimum absolute atomic E-state index is 0.0171. The van der Waals surface area contributed by atoms with Crippen LogP contribution < -0.4 is 5.32 Å². The molecule has 0 unspecified atom stereocenters. The van der Waals surface area contributed by atoms with Gasteiger partial charge in [0.25, 0.3) is 5.91 Å². The topological polar surface area (TPSA) is 92.4 Å². The number of carbonyl (C=O) groups excluding carboxylic acids is 1. The first-order valence-corrected chi connectivity index (χ1v) is 7.48. The number of carbonyl (C=O) groups is 2. The zero-order chi connectivity index (χ0) is 17.0. The maximum atomic E-state index is 12.4. The lowest BCUT2D eigenvalue weighted by molar-refractivity contribution is -0.137. The molecule has 1 aromatic carbocycles. The number of halogens is 1. The van der Waals surface area contributed by atoms with E-state index in [1.807, 2.05) is 13.8 Å². The van der Waals surface area contributed by atoms with E-state index in [2.05, 4.69) is 10.3 Å². The summed E-state index contributed by atoms with van der Waals surface area (Å²) < 4.78 is 5.22. The number of carboxylic acids is 1. The van der Waals surface area contributed by atoms with Crippen molar-refractivity contribution < 1.29 is 19.1 Å². The van der Waals surface area contributed by atoms with Crippen molar-refractivity contribution in [3.63, 3.8) is 0 Å². The summed E-state index contributed by atoms with van der Waals surface area (Å²) in [5.41, 5.74) is 0.696. The second-order valence-electron chi connectivity index (χ2n) is 5.37. The summed E-state index contributed by atoms with van der Waals surface area (Å²) in [5.74, 6) is -1.10. The number of benzene rings is 1. The molecule has 1 heterocycles. The highest BCUT2D eigenvalue weighted by Crippen LogP contribution is 2.26. The molecule has 0 aliphatic heterocycles. The third-order valence-electron chi connectivity index (χ3n) is 3.30. The van der Waals surface area contributed by atoms with Gasteiger partial charge in [-0.25, -0.2) is 4.98 Å². The Morgan fingerprint density at radius 2 is 2.04 bits per heavy atom. The number of amides is 1. The Labute approximate surface area is 138 Å². The summed E-state index contributed by atoms with van der Waals surface area (Å²) in [5, 5.41) is 12.2. The van der Waals surface area contributed by atoms with Crippen LogP contribution in [0.5, 0.6) is 0 Å². The van der Waals surface area contributed by atoms with Gasteiger partial charge >= 0.3 is 5.97 Å². The van der Waals surface area contributed by atoms with E-state index in [0.29, 0.717) is 16.3 Å². The van der Waals surface area contributed by atoms with Crippen molar-refractivity contribution in [2.75, 3.05) is 0 Å². The molecule has 2 rings (SSSR count). The van der Waals surface area contributed by atoms with Gasteiger partial charge in [-0.2, -0.15) is 0 Å². The van der Waals surface area contributed by atoms with Crippen LogP contribution >= 0.6 is 11.6 Å². The van der Waals surface area contributed by atoms with Crippen LogP contribution in [0.25, 0.3) is 0 Å². The Kier molecular flexibility index (Phi) is 5.39. The average molecular weight is 337 g/mol. The number of nitrogens with one attached hydrogen (secondary N) is 1. The number of aromatic nitrogens is 1. The van der Waals surface area contributed by atoms with Crippen molar-refractivity contribution in [2.45, 2.75) is 32.2 Å². The van der Waals surface area contributed by atoms with E-state index in [9.17, 15) is 9.59 Å². The number of rotatable bonds is 6. The molecule has 23 heavy (non-hydrogen) atoms. The molecule has 7 heteroatoms. The van der Waals surface area contributed by atoms with Gasteiger partial charge in [0, 0.05) is 10.9 Å². The molecule has 2 aromatic rings. The molecule has 6 nitrogen and oxygen atoms in total. The van der Waals surface area contributed by atoms with Gasteiger partial charge in [-0.3, -0.25) is 9.59 Å². The first kappa shape index (κ1) is 17.0. The van der Waals surface area contributed by atoms with Gasteiger partial charge in [-0.15, -0.1) is 0 Å². The number of carboxylic acid groups (broad SMARTS) is 1. The van der Waals surface area contributed by atoms with Gasteiger partial charge in [-0.1, -0.05) is 43.6 Å². The summed E-state index contributed by atoms with van der Waals surface area (Å²) in [7, 11) is 0. The lowest BCUT2D eigenvalue weighted by Crippen LogP contribution is -2.31. The van der Waals surface area contributed by atoms with Crippen LogP contribution in [0.3, 0.4) is 0 Å². The third-order valence-corrected chi connectivity index (χ3v) is 3.64. The minimum Gasteiger partial charge on any atom is -0.481 e. The highest BCUT2D eigenvalue weighted by atomic mass is 35.5. The lowest BCUT2D eigenvalue weighted by atomic mass is 10.0. The number of hydrogen-bond donors (Lipinski definition) is 2. The molecule has 0 aliphatic carbocycles. The van der Waals surface area contributed by atoms with Crippen molar-refractivity contribution >= 4 is 23.5 Å². The summed E-state index contributed by atoms with van der Waals surface area (Å²) >= 11 is 6.11. The fourth-order valence-corrected chi connectivity index (χ4v) is 2.50. The molecular weight excluding hydrogens is 320 g/mol. The van der Waals surface area contributed by atoms with E-state index in [1.165, 1.54) is 6.39 Å². The number of nitrogens with zero attached hydrogens (tertiary/aromatic N) is 1. The van der Waals surface area contributed by atoms with E-state index < -0.39 is 17.9 Å². The van der Waals surface area contributed by atoms with E-state index in [0.717, 1.165) is 0 Å². The van der Waals surface area contributed by atoms with E-state index in [-0.39, 0.29) is 18.0 Å². The normalized spacial score (nSPS) is 12.2. The van der Waals surface area contributed by atoms with Gasteiger partial charge in [-0.05, 0) is 11.6 Å². The summed E-state index contributed by atoms with van der Waals surface area (Å²) in [6.45, 7) is 3.75. The van der Waals surface area contributed by atoms with Gasteiger partial charge < -0.3 is 14.8 Å². The first-order chi connectivity index (χ1) is 10.9. The predicted molar refractivity (Wildman–Crippen MR) is 84.5 cm³/mol. The van der Waals surface area contributed by atoms with E-state index in [1.54, 1.807) is 24.3 Å². The van der Waals surface area contributed by atoms with Crippen molar-refractivity contribution in [1.29, 1.82) is 0 Å². The van der Waals surface area contributed by atoms with Crippen molar-refractivity contribution in [3.05, 3.63) is 52.7 Å². The molecule has 1 amide bonds. The molecule has 0 saturated carbocycles. The van der Waals surface area contributed by atoms with Gasteiger partial charge in [0.05, 0.1) is 12.5 Å². The van der Waals surface area contributed by atoms with Crippen LogP contribution in [-0.2, 0) is 4.79 Å². The minimum atomic E-state index is -1.04. The fourth-order valence-electron chi connectivity index (χ4n) is 2.23. The van der Waals surface area contributed by atoms with Crippen molar-refractivity contribution in [1.82, 2.24) is 10.3 Å². The Balaban J connectivity index is 2.28. The largest absolute Gasteiger partial charge is 0.481 e. The Morgan fingerprint density at radius 3 is 2.65 bits per heavy atom. The molecule has 1 atom stereocenters. The van der Waals surface area contributed by atoms with Crippen molar-refractivity contribution in [3.8, 4) is 0 Å². The smallest absolute Gasteiger partial charge is 0.305 e. The number of oxazole rings is 1. The molecule has 0 saturated heterocycles. The van der Waals surface area contributed by atoms with E-state index in [4.69, 9.17) is 21.1 Å². The Hall–Kier alpha value is -2.34. The zero-order valence-corrected chi connectivity index (χ0v) is 13.5. The van der Waals surface area contributed by atoms with Gasteiger partial charge in [0.2, 0.25) is 0 Å². The molecule has 0 aliphatic rings. The second kappa shape index (κ2) is 7.28. The van der Waals surface area contributed by atoms with E-state index >= 15 is 0 Å². The average Bonchev–Trinajstić information content (AvgIpc) is 2.96. The molecule has 0 spiro atoms. The van der Waals surface area contributed by atoms with Crippen LogP contribution in [0.4, 0.5) is 0 Å². The highest BCUT2D eigenvalue weighted by molar-refractivity contribution is 6.31. The quantitative estimate of drug-likeness (QED) is 0.843. The molecular formula is C16H17ClN2O4. The second-order valence-corrected chi connectivity index (χ2v) is 5.77. The monoisotopic (exact) mass is 336 g/mol. The number of aliphatic carboxylic acids is 1. The Morgan fingerprint density at radius 1 is 1.35 bits per heavy atom. The van der Waals surface area contributed by atoms with Crippen LogP contribution in [0.1, 0.15) is 54.0 Å². The maximum Gasteiger partial charge on any atom is 0.305 e. The maximum absolute atomic E-state index is 12.4. The lowest BCUT2D eigenvalue weighted by Gasteiger charge is -2.18. The molecule has 0 fully saturated rings.